The molecule has 164 valence electrons. The standard InChI is InChI=1S/C22H24ClN3O3S2/c1-25-11-12-30-22(25)24-19-6-9-26(10-7-19)21(27)8-13-31(28,29)20-5-3-16-14-18(23)4-2-17(16)15-20/h2-5,11-12,14-15,19H,6-10,13H2,1H3. The third-order valence-electron chi connectivity index (χ3n) is 5.59. The second-order valence-electron chi connectivity index (χ2n) is 7.76. The number of amides is 1. The molecule has 0 atom stereocenters. The molecule has 6 nitrogen and oxygen atoms in total. The van der Waals surface area contributed by atoms with Gasteiger partial charge in [-0.05, 0) is 47.9 Å². The normalized spacial score (nSPS) is 16.2. The molecule has 2 heterocycles. The Morgan fingerprint density at radius 2 is 1.87 bits per heavy atom. The highest BCUT2D eigenvalue weighted by atomic mass is 35.5. The molecule has 0 spiro atoms. The zero-order valence-electron chi connectivity index (χ0n) is 17.2. The summed E-state index contributed by atoms with van der Waals surface area (Å²) in [7, 11) is -1.57. The van der Waals surface area contributed by atoms with Crippen LogP contribution in [0.15, 0.2) is 57.9 Å². The monoisotopic (exact) mass is 477 g/mol. The van der Waals surface area contributed by atoms with Crippen molar-refractivity contribution in [3.05, 3.63) is 57.8 Å². The zero-order valence-corrected chi connectivity index (χ0v) is 19.6. The molecule has 31 heavy (non-hydrogen) atoms. The number of hydrogen-bond acceptors (Lipinski definition) is 5. The Hall–Kier alpha value is -2.16. The summed E-state index contributed by atoms with van der Waals surface area (Å²) in [5.41, 5.74) is 0. The van der Waals surface area contributed by atoms with Gasteiger partial charge in [0, 0.05) is 43.2 Å². The average molecular weight is 478 g/mol. The van der Waals surface area contributed by atoms with Crippen molar-refractivity contribution in [2.75, 3.05) is 18.8 Å². The van der Waals surface area contributed by atoms with Gasteiger partial charge in [0.15, 0.2) is 14.6 Å². The minimum absolute atomic E-state index is 0.0112. The molecule has 1 saturated heterocycles. The van der Waals surface area contributed by atoms with Gasteiger partial charge in [0.2, 0.25) is 5.91 Å². The first-order chi connectivity index (χ1) is 14.8. The van der Waals surface area contributed by atoms with Crippen molar-refractivity contribution in [2.24, 2.45) is 12.0 Å². The maximum Gasteiger partial charge on any atom is 0.223 e. The fourth-order valence-electron chi connectivity index (χ4n) is 3.74. The summed E-state index contributed by atoms with van der Waals surface area (Å²) in [5, 5.41) is 4.30. The first-order valence-electron chi connectivity index (χ1n) is 10.2. The Morgan fingerprint density at radius 1 is 1.16 bits per heavy atom. The maximum absolute atomic E-state index is 12.8. The van der Waals surface area contributed by atoms with Gasteiger partial charge >= 0.3 is 0 Å². The summed E-state index contributed by atoms with van der Waals surface area (Å²) >= 11 is 7.59. The summed E-state index contributed by atoms with van der Waals surface area (Å²) in [6, 6.07) is 10.5. The van der Waals surface area contributed by atoms with Crippen molar-refractivity contribution in [1.82, 2.24) is 9.47 Å². The summed E-state index contributed by atoms with van der Waals surface area (Å²) in [4.78, 5) is 20.4. The molecular formula is C22H24ClN3O3S2. The quantitative estimate of drug-likeness (QED) is 0.563. The molecule has 2 aromatic carbocycles. The van der Waals surface area contributed by atoms with Crippen LogP contribution in [0.1, 0.15) is 19.3 Å². The fraction of sp³-hybridized carbons (Fsp3) is 0.364. The lowest BCUT2D eigenvalue weighted by molar-refractivity contribution is -0.131. The van der Waals surface area contributed by atoms with Crippen molar-refractivity contribution in [3.8, 4) is 0 Å². The van der Waals surface area contributed by atoms with Crippen LogP contribution in [0.25, 0.3) is 10.8 Å². The zero-order chi connectivity index (χ0) is 22.0. The van der Waals surface area contributed by atoms with Crippen LogP contribution in [-0.4, -0.2) is 48.7 Å². The number of piperidine rings is 1. The van der Waals surface area contributed by atoms with Gasteiger partial charge in [-0.1, -0.05) is 23.7 Å². The Balaban J connectivity index is 1.35. The number of benzene rings is 2. The van der Waals surface area contributed by atoms with Gasteiger partial charge in [0.25, 0.3) is 0 Å². The van der Waals surface area contributed by atoms with E-state index >= 15 is 0 Å². The van der Waals surface area contributed by atoms with Crippen molar-refractivity contribution < 1.29 is 13.2 Å². The molecule has 0 aliphatic carbocycles. The van der Waals surface area contributed by atoms with Gasteiger partial charge in [0.1, 0.15) is 0 Å². The SMILES string of the molecule is Cn1ccsc1=NC1CCN(C(=O)CCS(=O)(=O)c2ccc3cc(Cl)ccc3c2)CC1. The van der Waals surface area contributed by atoms with Gasteiger partial charge in [-0.3, -0.25) is 9.79 Å². The van der Waals surface area contributed by atoms with E-state index < -0.39 is 9.84 Å². The summed E-state index contributed by atoms with van der Waals surface area (Å²) in [6.07, 6.45) is 3.56. The summed E-state index contributed by atoms with van der Waals surface area (Å²) in [5.74, 6) is -0.309. The first kappa shape index (κ1) is 22.0. The van der Waals surface area contributed by atoms with Crippen molar-refractivity contribution in [1.29, 1.82) is 0 Å². The van der Waals surface area contributed by atoms with E-state index in [9.17, 15) is 13.2 Å². The lowest BCUT2D eigenvalue weighted by atomic mass is 10.1. The van der Waals surface area contributed by atoms with Gasteiger partial charge in [-0.25, -0.2) is 8.42 Å². The smallest absolute Gasteiger partial charge is 0.223 e. The van der Waals surface area contributed by atoms with Gasteiger partial charge in [0.05, 0.1) is 16.7 Å². The molecule has 1 amide bonds. The van der Waals surface area contributed by atoms with E-state index in [4.69, 9.17) is 16.6 Å². The van der Waals surface area contributed by atoms with Gasteiger partial charge in [-0.15, -0.1) is 11.3 Å². The molecule has 1 aliphatic rings. The molecule has 9 heteroatoms. The number of hydrogen-bond donors (Lipinski definition) is 0. The second kappa shape index (κ2) is 9.14. The number of carbonyl (C=O) groups is 1. The van der Waals surface area contributed by atoms with Crippen LogP contribution in [0.2, 0.25) is 5.02 Å². The first-order valence-corrected chi connectivity index (χ1v) is 13.1. The Bertz CT molecular complexity index is 1270. The van der Waals surface area contributed by atoms with Crippen molar-refractivity contribution >= 4 is 49.5 Å². The summed E-state index contributed by atoms with van der Waals surface area (Å²) in [6.45, 7) is 1.22. The van der Waals surface area contributed by atoms with Gasteiger partial charge in [-0.2, -0.15) is 0 Å². The number of aryl methyl sites for hydroxylation is 1. The number of halogens is 1. The summed E-state index contributed by atoms with van der Waals surface area (Å²) < 4.78 is 27.6. The Kier molecular flexibility index (Phi) is 6.50. The number of sulfone groups is 1. The molecule has 0 bridgehead atoms. The van der Waals surface area contributed by atoms with Crippen molar-refractivity contribution in [2.45, 2.75) is 30.2 Å². The van der Waals surface area contributed by atoms with E-state index in [-0.39, 0.29) is 29.0 Å². The van der Waals surface area contributed by atoms with E-state index in [0.717, 1.165) is 28.4 Å². The number of fused-ring (bicyclic) bond motifs is 1. The number of nitrogens with zero attached hydrogens (tertiary/aromatic N) is 3. The number of carbonyl (C=O) groups excluding carboxylic acids is 1. The van der Waals surface area contributed by atoms with E-state index in [0.29, 0.717) is 18.1 Å². The number of rotatable bonds is 5. The lowest BCUT2D eigenvalue weighted by Crippen LogP contribution is -2.40. The predicted molar refractivity (Wildman–Crippen MR) is 124 cm³/mol. The van der Waals surface area contributed by atoms with E-state index in [1.807, 2.05) is 23.2 Å². The van der Waals surface area contributed by atoms with Crippen LogP contribution in [0.4, 0.5) is 0 Å². The van der Waals surface area contributed by atoms with Crippen LogP contribution in [0.3, 0.4) is 0 Å². The predicted octanol–water partition coefficient (Wildman–Crippen LogP) is 3.65. The molecule has 1 aromatic heterocycles. The molecular weight excluding hydrogens is 454 g/mol. The van der Waals surface area contributed by atoms with E-state index in [2.05, 4.69) is 0 Å². The molecule has 4 rings (SSSR count). The molecule has 1 fully saturated rings. The van der Waals surface area contributed by atoms with Crippen LogP contribution in [0.5, 0.6) is 0 Å². The van der Waals surface area contributed by atoms with Crippen LogP contribution in [-0.2, 0) is 21.7 Å². The third kappa shape index (κ3) is 5.19. The third-order valence-corrected chi connectivity index (χ3v) is 8.40. The average Bonchev–Trinajstić information content (AvgIpc) is 3.16. The molecule has 0 N–H and O–H groups in total. The van der Waals surface area contributed by atoms with Crippen LogP contribution in [0, 0.1) is 0 Å². The largest absolute Gasteiger partial charge is 0.343 e. The second-order valence-corrected chi connectivity index (χ2v) is 11.2. The van der Waals surface area contributed by atoms with Crippen LogP contribution >= 0.6 is 22.9 Å². The van der Waals surface area contributed by atoms with Crippen molar-refractivity contribution in [3.63, 3.8) is 0 Å². The molecule has 0 radical (unpaired) electrons. The molecule has 0 unspecified atom stereocenters. The Labute approximate surface area is 190 Å². The maximum atomic E-state index is 12.8. The van der Waals surface area contributed by atoms with E-state index in [1.54, 1.807) is 52.6 Å². The highest BCUT2D eigenvalue weighted by Crippen LogP contribution is 2.24. The fourth-order valence-corrected chi connectivity index (χ4v) is 5.98. The lowest BCUT2D eigenvalue weighted by Gasteiger charge is -2.30. The Morgan fingerprint density at radius 3 is 2.58 bits per heavy atom. The molecule has 1 aliphatic heterocycles. The highest BCUT2D eigenvalue weighted by Gasteiger charge is 2.24. The highest BCUT2D eigenvalue weighted by molar-refractivity contribution is 7.91. The van der Waals surface area contributed by atoms with Gasteiger partial charge < -0.3 is 9.47 Å². The van der Waals surface area contributed by atoms with E-state index in [1.165, 1.54) is 0 Å². The van der Waals surface area contributed by atoms with Crippen LogP contribution < -0.4 is 4.80 Å². The topological polar surface area (TPSA) is 71.7 Å². The number of likely N-dealkylation sites (tertiary alicyclic amines) is 1. The minimum atomic E-state index is -3.55. The molecule has 3 aromatic rings. The number of aromatic nitrogens is 1. The molecule has 0 saturated carbocycles. The number of thiazole rings is 1. The minimum Gasteiger partial charge on any atom is -0.343 e.